The summed E-state index contributed by atoms with van der Waals surface area (Å²) in [5.74, 6) is 0. The summed E-state index contributed by atoms with van der Waals surface area (Å²) in [5, 5.41) is 0. The summed E-state index contributed by atoms with van der Waals surface area (Å²) < 4.78 is 25.9. The van der Waals surface area contributed by atoms with Crippen molar-refractivity contribution < 1.29 is 8.42 Å². The highest BCUT2D eigenvalue weighted by atomic mass is 32.2. The van der Waals surface area contributed by atoms with Crippen LogP contribution in [0.5, 0.6) is 0 Å². The van der Waals surface area contributed by atoms with Crippen LogP contribution >= 0.6 is 0 Å². The molecule has 2 fully saturated rings. The molecule has 2 aromatic carbocycles. The topological polar surface area (TPSA) is 40.6 Å². The Morgan fingerprint density at radius 3 is 2.00 bits per heavy atom. The van der Waals surface area contributed by atoms with E-state index in [-0.39, 0.29) is 0 Å². The van der Waals surface area contributed by atoms with E-state index in [0.29, 0.717) is 4.90 Å². The van der Waals surface area contributed by atoms with Crippen molar-refractivity contribution in [3.05, 3.63) is 60.7 Å². The first-order chi connectivity index (χ1) is 14.1. The molecule has 5 heteroatoms. The van der Waals surface area contributed by atoms with E-state index < -0.39 is 14.6 Å². The lowest BCUT2D eigenvalue weighted by atomic mass is 9.80. The molecule has 0 atom stereocenters. The molecule has 0 spiro atoms. The van der Waals surface area contributed by atoms with Gasteiger partial charge in [0.15, 0.2) is 9.84 Å². The molecule has 1 aliphatic heterocycles. The fraction of sp³-hybridized carbons (Fsp3) is 0.500. The quantitative estimate of drug-likeness (QED) is 0.604. The van der Waals surface area contributed by atoms with Gasteiger partial charge in [0, 0.05) is 31.9 Å². The fourth-order valence-corrected chi connectivity index (χ4v) is 6.98. The predicted octanol–water partition coefficient (Wildman–Crippen LogP) is 4.38. The van der Waals surface area contributed by atoms with Gasteiger partial charge in [0.2, 0.25) is 0 Å². The van der Waals surface area contributed by atoms with Crippen molar-refractivity contribution in [2.24, 2.45) is 0 Å². The Morgan fingerprint density at radius 1 is 0.793 bits per heavy atom. The molecular weight excluding hydrogens is 380 g/mol. The number of hydrogen-bond donors (Lipinski definition) is 0. The zero-order valence-electron chi connectivity index (χ0n) is 17.2. The van der Waals surface area contributed by atoms with Crippen LogP contribution in [0.15, 0.2) is 65.6 Å². The largest absolute Gasteiger partial charge is 0.369 e. The number of hydrogen-bond acceptors (Lipinski definition) is 4. The Morgan fingerprint density at radius 2 is 1.41 bits per heavy atom. The fourth-order valence-electron chi connectivity index (χ4n) is 4.72. The van der Waals surface area contributed by atoms with Crippen LogP contribution < -0.4 is 4.90 Å². The van der Waals surface area contributed by atoms with Crippen LogP contribution in [-0.4, -0.2) is 50.8 Å². The van der Waals surface area contributed by atoms with E-state index in [0.717, 1.165) is 71.2 Å². The van der Waals surface area contributed by atoms with E-state index in [1.165, 1.54) is 5.69 Å². The highest BCUT2D eigenvalue weighted by Crippen LogP contribution is 2.46. The van der Waals surface area contributed by atoms with Gasteiger partial charge in [-0.1, -0.05) is 49.2 Å². The van der Waals surface area contributed by atoms with E-state index in [1.807, 2.05) is 18.2 Å². The van der Waals surface area contributed by atoms with Crippen molar-refractivity contribution in [2.75, 3.05) is 37.6 Å². The normalized spacial score (nSPS) is 19.7. The van der Waals surface area contributed by atoms with Crippen molar-refractivity contribution >= 4 is 15.5 Å². The highest BCUT2D eigenvalue weighted by Gasteiger charge is 2.48. The van der Waals surface area contributed by atoms with E-state index in [1.54, 1.807) is 12.1 Å². The first-order valence-corrected chi connectivity index (χ1v) is 12.4. The second-order valence-electron chi connectivity index (χ2n) is 8.47. The Kier molecular flexibility index (Phi) is 6.26. The minimum absolute atomic E-state index is 0.497. The van der Waals surface area contributed by atoms with E-state index >= 15 is 0 Å². The molecule has 4 nitrogen and oxygen atoms in total. The zero-order chi connectivity index (χ0) is 20.2. The van der Waals surface area contributed by atoms with E-state index in [4.69, 9.17) is 0 Å². The molecule has 1 heterocycles. The lowest BCUT2D eigenvalue weighted by molar-refractivity contribution is 0.244. The van der Waals surface area contributed by atoms with Gasteiger partial charge in [-0.25, -0.2) is 8.42 Å². The molecule has 4 rings (SSSR count). The molecule has 0 N–H and O–H groups in total. The minimum Gasteiger partial charge on any atom is -0.369 e. The molecule has 0 amide bonds. The summed E-state index contributed by atoms with van der Waals surface area (Å²) in [7, 11) is -3.23. The smallest absolute Gasteiger partial charge is 0.184 e. The van der Waals surface area contributed by atoms with Crippen LogP contribution in [0.4, 0.5) is 5.69 Å². The molecule has 2 aromatic rings. The van der Waals surface area contributed by atoms with Gasteiger partial charge in [-0.2, -0.15) is 0 Å². The molecule has 0 aromatic heterocycles. The zero-order valence-corrected chi connectivity index (χ0v) is 18.0. The average molecular weight is 413 g/mol. The Labute approximate surface area is 175 Å². The molecule has 0 unspecified atom stereocenters. The number of sulfone groups is 1. The van der Waals surface area contributed by atoms with Crippen LogP contribution in [0, 0.1) is 0 Å². The summed E-state index contributed by atoms with van der Waals surface area (Å²) in [6.45, 7) is 5.38. The summed E-state index contributed by atoms with van der Waals surface area (Å²) in [6.07, 6.45) is 5.55. The second kappa shape index (κ2) is 8.88. The van der Waals surface area contributed by atoms with Crippen LogP contribution in [0.2, 0.25) is 0 Å². The number of unbranched alkanes of at least 4 members (excludes halogenated alkanes) is 1. The van der Waals surface area contributed by atoms with Crippen molar-refractivity contribution in [1.82, 2.24) is 4.90 Å². The van der Waals surface area contributed by atoms with Crippen LogP contribution in [0.3, 0.4) is 0 Å². The van der Waals surface area contributed by atoms with E-state index in [9.17, 15) is 8.42 Å². The maximum absolute atomic E-state index is 13.2. The maximum Gasteiger partial charge on any atom is 0.184 e. The molecule has 2 aliphatic rings. The van der Waals surface area contributed by atoms with Gasteiger partial charge >= 0.3 is 0 Å². The number of para-hydroxylation sites is 1. The van der Waals surface area contributed by atoms with Gasteiger partial charge in [-0.05, 0) is 56.5 Å². The van der Waals surface area contributed by atoms with E-state index in [2.05, 4.69) is 40.1 Å². The third kappa shape index (κ3) is 4.36. The Balaban J connectivity index is 1.24. The number of piperazine rings is 1. The van der Waals surface area contributed by atoms with Gasteiger partial charge in [0.25, 0.3) is 0 Å². The monoisotopic (exact) mass is 412 g/mol. The Hall–Kier alpha value is -1.85. The molecule has 1 saturated carbocycles. The SMILES string of the molecule is O=S(=O)(c1ccccc1)C1(CCCCN2CCN(c3ccccc3)CC2)CCC1. The number of rotatable bonds is 8. The summed E-state index contributed by atoms with van der Waals surface area (Å²) in [6, 6.07) is 19.7. The van der Waals surface area contributed by atoms with Crippen molar-refractivity contribution in [3.8, 4) is 0 Å². The van der Waals surface area contributed by atoms with Gasteiger partial charge in [-0.3, -0.25) is 4.90 Å². The Bertz CT molecular complexity index is 872. The van der Waals surface area contributed by atoms with Crippen molar-refractivity contribution in [1.29, 1.82) is 0 Å². The number of benzene rings is 2. The molecule has 0 radical (unpaired) electrons. The second-order valence-corrected chi connectivity index (χ2v) is 10.8. The van der Waals surface area contributed by atoms with Gasteiger partial charge < -0.3 is 4.90 Å². The molecular formula is C24H32N2O2S. The molecule has 1 aliphatic carbocycles. The van der Waals surface area contributed by atoms with Crippen LogP contribution in [0.1, 0.15) is 38.5 Å². The molecule has 156 valence electrons. The minimum atomic E-state index is -3.23. The summed E-state index contributed by atoms with van der Waals surface area (Å²) >= 11 is 0. The van der Waals surface area contributed by atoms with Crippen molar-refractivity contribution in [3.63, 3.8) is 0 Å². The lowest BCUT2D eigenvalue weighted by Gasteiger charge is -2.41. The van der Waals surface area contributed by atoms with Gasteiger partial charge in [0.05, 0.1) is 9.64 Å². The van der Waals surface area contributed by atoms with Crippen LogP contribution in [0.25, 0.3) is 0 Å². The van der Waals surface area contributed by atoms with Crippen molar-refractivity contribution in [2.45, 2.75) is 48.2 Å². The summed E-state index contributed by atoms with van der Waals surface area (Å²) in [5.41, 5.74) is 1.31. The lowest BCUT2D eigenvalue weighted by Crippen LogP contribution is -2.47. The molecule has 29 heavy (non-hydrogen) atoms. The first-order valence-electron chi connectivity index (χ1n) is 10.9. The number of nitrogens with zero attached hydrogens (tertiary/aromatic N) is 2. The molecule has 0 bridgehead atoms. The maximum atomic E-state index is 13.2. The predicted molar refractivity (Wildman–Crippen MR) is 119 cm³/mol. The average Bonchev–Trinajstić information content (AvgIpc) is 2.74. The third-order valence-electron chi connectivity index (χ3n) is 6.74. The third-order valence-corrected chi connectivity index (χ3v) is 9.38. The summed E-state index contributed by atoms with van der Waals surface area (Å²) in [4.78, 5) is 5.47. The number of anilines is 1. The van der Waals surface area contributed by atoms with Gasteiger partial charge in [-0.15, -0.1) is 0 Å². The molecule has 1 saturated heterocycles. The first kappa shape index (κ1) is 20.4. The van der Waals surface area contributed by atoms with Crippen LogP contribution in [-0.2, 0) is 9.84 Å². The van der Waals surface area contributed by atoms with Gasteiger partial charge in [0.1, 0.15) is 0 Å². The highest BCUT2D eigenvalue weighted by molar-refractivity contribution is 7.93. The standard InChI is InChI=1S/C24H32N2O2S/c27-29(28,23-12-5-2-6-13-23)24(15-9-16-24)14-7-8-17-25-18-20-26(21-19-25)22-10-3-1-4-11-22/h1-6,10-13H,7-9,14-21H2.